The molecule has 3 nitrogen and oxygen atoms in total. The standard InChI is InChI=1S/C15H21BrN2O/c1-2-14-8-3-4-9-18(14)11-15(19)17-13-7-5-6-12(16)10-13/h5-7,10,14H,2-4,8-9,11H2,1H3,(H,17,19). The van der Waals surface area contributed by atoms with Gasteiger partial charge >= 0.3 is 0 Å². The first-order valence-electron chi connectivity index (χ1n) is 6.98. The number of anilines is 1. The molecule has 1 amide bonds. The number of nitrogens with zero attached hydrogens (tertiary/aromatic N) is 1. The van der Waals surface area contributed by atoms with Crippen LogP contribution in [0.25, 0.3) is 0 Å². The van der Waals surface area contributed by atoms with Crippen LogP contribution in [0.5, 0.6) is 0 Å². The molecule has 1 saturated heterocycles. The van der Waals surface area contributed by atoms with Gasteiger partial charge in [-0.3, -0.25) is 9.69 Å². The van der Waals surface area contributed by atoms with Gasteiger partial charge in [-0.05, 0) is 44.0 Å². The predicted molar refractivity (Wildman–Crippen MR) is 82.3 cm³/mol. The Morgan fingerprint density at radius 3 is 3.05 bits per heavy atom. The van der Waals surface area contributed by atoms with E-state index in [2.05, 4.69) is 33.1 Å². The van der Waals surface area contributed by atoms with Gasteiger partial charge in [0.25, 0.3) is 0 Å². The number of amides is 1. The molecule has 1 fully saturated rings. The second-order valence-corrected chi connectivity index (χ2v) is 6.00. The van der Waals surface area contributed by atoms with Crippen molar-refractivity contribution in [1.82, 2.24) is 4.90 Å². The Morgan fingerprint density at radius 1 is 1.47 bits per heavy atom. The third-order valence-electron chi connectivity index (χ3n) is 3.68. The minimum Gasteiger partial charge on any atom is -0.325 e. The first kappa shape index (κ1) is 14.5. The third kappa shape index (κ3) is 4.32. The highest BCUT2D eigenvalue weighted by molar-refractivity contribution is 9.10. The van der Waals surface area contributed by atoms with Crippen LogP contribution in [0.15, 0.2) is 28.7 Å². The fourth-order valence-corrected chi connectivity index (χ4v) is 3.08. The largest absolute Gasteiger partial charge is 0.325 e. The molecule has 0 aliphatic carbocycles. The van der Waals surface area contributed by atoms with Crippen LogP contribution in [0.1, 0.15) is 32.6 Å². The molecule has 0 saturated carbocycles. The van der Waals surface area contributed by atoms with Crippen molar-refractivity contribution in [3.8, 4) is 0 Å². The lowest BCUT2D eigenvalue weighted by Crippen LogP contribution is -2.43. The summed E-state index contributed by atoms with van der Waals surface area (Å²) in [6, 6.07) is 8.28. The molecule has 4 heteroatoms. The molecule has 1 aliphatic rings. The number of carbonyl (C=O) groups is 1. The summed E-state index contributed by atoms with van der Waals surface area (Å²) < 4.78 is 0.981. The number of carbonyl (C=O) groups excluding carboxylic acids is 1. The second kappa shape index (κ2) is 7.06. The van der Waals surface area contributed by atoms with Crippen molar-refractivity contribution in [2.75, 3.05) is 18.4 Å². The normalized spacial score (nSPS) is 20.2. The van der Waals surface area contributed by atoms with Crippen molar-refractivity contribution in [3.05, 3.63) is 28.7 Å². The van der Waals surface area contributed by atoms with Gasteiger partial charge in [0.1, 0.15) is 0 Å². The molecule has 0 spiro atoms. The summed E-state index contributed by atoms with van der Waals surface area (Å²) in [7, 11) is 0. The van der Waals surface area contributed by atoms with Crippen LogP contribution in [0.2, 0.25) is 0 Å². The van der Waals surface area contributed by atoms with Crippen LogP contribution in [0, 0.1) is 0 Å². The van der Waals surface area contributed by atoms with Crippen molar-refractivity contribution in [2.45, 2.75) is 38.6 Å². The van der Waals surface area contributed by atoms with E-state index in [0.717, 1.165) is 23.1 Å². The predicted octanol–water partition coefficient (Wildman–Crippen LogP) is 3.65. The smallest absolute Gasteiger partial charge is 0.238 e. The third-order valence-corrected chi connectivity index (χ3v) is 4.17. The molecule has 19 heavy (non-hydrogen) atoms. The maximum absolute atomic E-state index is 12.1. The van der Waals surface area contributed by atoms with E-state index in [1.54, 1.807) is 0 Å². The zero-order valence-electron chi connectivity index (χ0n) is 11.4. The van der Waals surface area contributed by atoms with Gasteiger partial charge in [-0.2, -0.15) is 0 Å². The fourth-order valence-electron chi connectivity index (χ4n) is 2.68. The molecule has 2 rings (SSSR count). The first-order valence-corrected chi connectivity index (χ1v) is 7.78. The van der Waals surface area contributed by atoms with Crippen LogP contribution < -0.4 is 5.32 Å². The quantitative estimate of drug-likeness (QED) is 0.916. The minimum absolute atomic E-state index is 0.0819. The molecule has 1 unspecified atom stereocenters. The number of halogens is 1. The zero-order valence-corrected chi connectivity index (χ0v) is 12.9. The molecule has 1 N–H and O–H groups in total. The molecular weight excluding hydrogens is 304 g/mol. The Bertz CT molecular complexity index is 436. The van der Waals surface area contributed by atoms with Gasteiger partial charge in [-0.25, -0.2) is 0 Å². The Balaban J connectivity index is 1.90. The monoisotopic (exact) mass is 324 g/mol. The van der Waals surface area contributed by atoms with E-state index in [9.17, 15) is 4.79 Å². The van der Waals surface area contributed by atoms with Gasteiger partial charge in [0, 0.05) is 16.2 Å². The Labute approximate surface area is 123 Å². The number of rotatable bonds is 4. The molecule has 1 aromatic rings. The van der Waals surface area contributed by atoms with E-state index < -0.39 is 0 Å². The van der Waals surface area contributed by atoms with Crippen LogP contribution >= 0.6 is 15.9 Å². The molecule has 1 heterocycles. The number of likely N-dealkylation sites (tertiary alicyclic amines) is 1. The topological polar surface area (TPSA) is 32.3 Å². The average Bonchev–Trinajstić information content (AvgIpc) is 2.39. The highest BCUT2D eigenvalue weighted by atomic mass is 79.9. The highest BCUT2D eigenvalue weighted by Gasteiger charge is 2.22. The molecule has 0 radical (unpaired) electrons. The van der Waals surface area contributed by atoms with Gasteiger partial charge in [0.2, 0.25) is 5.91 Å². The highest BCUT2D eigenvalue weighted by Crippen LogP contribution is 2.20. The van der Waals surface area contributed by atoms with Gasteiger partial charge in [0.15, 0.2) is 0 Å². The summed E-state index contributed by atoms with van der Waals surface area (Å²) in [6.07, 6.45) is 4.85. The number of hydrogen-bond donors (Lipinski definition) is 1. The van der Waals surface area contributed by atoms with Crippen molar-refractivity contribution in [2.24, 2.45) is 0 Å². The van der Waals surface area contributed by atoms with Gasteiger partial charge in [-0.15, -0.1) is 0 Å². The first-order chi connectivity index (χ1) is 9.19. The molecule has 1 aromatic carbocycles. The number of piperidine rings is 1. The van der Waals surface area contributed by atoms with E-state index in [-0.39, 0.29) is 5.91 Å². The summed E-state index contributed by atoms with van der Waals surface area (Å²) in [4.78, 5) is 14.4. The van der Waals surface area contributed by atoms with E-state index >= 15 is 0 Å². The Morgan fingerprint density at radius 2 is 2.32 bits per heavy atom. The van der Waals surface area contributed by atoms with E-state index in [4.69, 9.17) is 0 Å². The SMILES string of the molecule is CCC1CCCCN1CC(=O)Nc1cccc(Br)c1. The summed E-state index contributed by atoms with van der Waals surface area (Å²) in [6.45, 7) is 3.75. The Kier molecular flexibility index (Phi) is 5.40. The van der Waals surface area contributed by atoms with Gasteiger partial charge in [-0.1, -0.05) is 35.3 Å². The number of hydrogen-bond acceptors (Lipinski definition) is 2. The molecule has 0 aromatic heterocycles. The van der Waals surface area contributed by atoms with E-state index in [0.29, 0.717) is 12.6 Å². The lowest BCUT2D eigenvalue weighted by molar-refractivity contribution is -0.118. The lowest BCUT2D eigenvalue weighted by Gasteiger charge is -2.34. The maximum Gasteiger partial charge on any atom is 0.238 e. The fraction of sp³-hybridized carbons (Fsp3) is 0.533. The summed E-state index contributed by atoms with van der Waals surface area (Å²) in [5.41, 5.74) is 0.851. The molecule has 0 bridgehead atoms. The van der Waals surface area contributed by atoms with Gasteiger partial charge < -0.3 is 5.32 Å². The van der Waals surface area contributed by atoms with Crippen molar-refractivity contribution < 1.29 is 4.79 Å². The molecule has 1 aliphatic heterocycles. The zero-order chi connectivity index (χ0) is 13.7. The Hall–Kier alpha value is -0.870. The van der Waals surface area contributed by atoms with E-state index in [1.165, 1.54) is 19.3 Å². The second-order valence-electron chi connectivity index (χ2n) is 5.09. The summed E-state index contributed by atoms with van der Waals surface area (Å²) in [5.74, 6) is 0.0819. The van der Waals surface area contributed by atoms with Crippen molar-refractivity contribution >= 4 is 27.5 Å². The summed E-state index contributed by atoms with van der Waals surface area (Å²) >= 11 is 3.41. The van der Waals surface area contributed by atoms with Crippen LogP contribution in [-0.2, 0) is 4.79 Å². The lowest BCUT2D eigenvalue weighted by atomic mass is 10.0. The van der Waals surface area contributed by atoms with Crippen LogP contribution in [0.4, 0.5) is 5.69 Å². The number of nitrogens with one attached hydrogen (secondary N) is 1. The van der Waals surface area contributed by atoms with Crippen molar-refractivity contribution in [3.63, 3.8) is 0 Å². The van der Waals surface area contributed by atoms with E-state index in [1.807, 2.05) is 24.3 Å². The molecular formula is C15H21BrN2O. The average molecular weight is 325 g/mol. The maximum atomic E-state index is 12.1. The van der Waals surface area contributed by atoms with Gasteiger partial charge in [0.05, 0.1) is 6.54 Å². The van der Waals surface area contributed by atoms with Crippen LogP contribution in [0.3, 0.4) is 0 Å². The molecule has 1 atom stereocenters. The number of benzene rings is 1. The van der Waals surface area contributed by atoms with Crippen molar-refractivity contribution in [1.29, 1.82) is 0 Å². The molecule has 104 valence electrons. The minimum atomic E-state index is 0.0819. The summed E-state index contributed by atoms with van der Waals surface area (Å²) in [5, 5.41) is 2.96. The van der Waals surface area contributed by atoms with Crippen LogP contribution in [-0.4, -0.2) is 29.9 Å².